The fourth-order valence-corrected chi connectivity index (χ4v) is 2.37. The SMILES string of the molecule is Cn1cncc1CNCCN1CCCCCC1. The molecule has 1 aromatic rings. The van der Waals surface area contributed by atoms with Crippen molar-refractivity contribution in [1.82, 2.24) is 19.8 Å². The Hall–Kier alpha value is -0.870. The van der Waals surface area contributed by atoms with Crippen molar-refractivity contribution >= 4 is 0 Å². The maximum Gasteiger partial charge on any atom is 0.0945 e. The van der Waals surface area contributed by atoms with Crippen molar-refractivity contribution in [2.75, 3.05) is 26.2 Å². The van der Waals surface area contributed by atoms with Crippen molar-refractivity contribution in [1.29, 1.82) is 0 Å². The molecule has 1 aromatic heterocycles. The lowest BCUT2D eigenvalue weighted by molar-refractivity contribution is 0.284. The van der Waals surface area contributed by atoms with Gasteiger partial charge >= 0.3 is 0 Å². The first kappa shape index (κ1) is 12.6. The van der Waals surface area contributed by atoms with Crippen molar-refractivity contribution in [2.45, 2.75) is 32.2 Å². The molecule has 17 heavy (non-hydrogen) atoms. The smallest absolute Gasteiger partial charge is 0.0945 e. The van der Waals surface area contributed by atoms with Crippen molar-refractivity contribution in [2.24, 2.45) is 7.05 Å². The van der Waals surface area contributed by atoms with Gasteiger partial charge < -0.3 is 14.8 Å². The summed E-state index contributed by atoms with van der Waals surface area (Å²) in [5.74, 6) is 0. The van der Waals surface area contributed by atoms with E-state index in [1.54, 1.807) is 0 Å². The molecule has 0 radical (unpaired) electrons. The normalized spacial score (nSPS) is 18.2. The van der Waals surface area contributed by atoms with Gasteiger partial charge in [0.05, 0.1) is 12.0 Å². The van der Waals surface area contributed by atoms with Crippen molar-refractivity contribution < 1.29 is 0 Å². The van der Waals surface area contributed by atoms with Crippen LogP contribution in [0.25, 0.3) is 0 Å². The van der Waals surface area contributed by atoms with Gasteiger partial charge in [-0.2, -0.15) is 0 Å². The Morgan fingerprint density at radius 2 is 2.00 bits per heavy atom. The van der Waals surface area contributed by atoms with Crippen LogP contribution in [0.5, 0.6) is 0 Å². The average Bonchev–Trinajstić information content (AvgIpc) is 2.60. The summed E-state index contributed by atoms with van der Waals surface area (Å²) in [7, 11) is 2.04. The monoisotopic (exact) mass is 236 g/mol. The molecule has 1 saturated heterocycles. The predicted octanol–water partition coefficient (Wildman–Crippen LogP) is 1.39. The van der Waals surface area contributed by atoms with E-state index in [-0.39, 0.29) is 0 Å². The highest BCUT2D eigenvalue weighted by Crippen LogP contribution is 2.08. The molecular weight excluding hydrogens is 212 g/mol. The molecule has 1 aliphatic heterocycles. The van der Waals surface area contributed by atoms with E-state index in [0.717, 1.165) is 13.1 Å². The minimum Gasteiger partial charge on any atom is -0.337 e. The molecule has 1 N–H and O–H groups in total. The number of aryl methyl sites for hydroxylation is 1. The van der Waals surface area contributed by atoms with Crippen molar-refractivity contribution in [3.8, 4) is 0 Å². The number of aromatic nitrogens is 2. The number of hydrogen-bond acceptors (Lipinski definition) is 3. The largest absolute Gasteiger partial charge is 0.337 e. The first-order valence-corrected chi connectivity index (χ1v) is 6.74. The third-order valence-electron chi connectivity index (χ3n) is 3.53. The molecule has 0 atom stereocenters. The van der Waals surface area contributed by atoms with Gasteiger partial charge in [0.1, 0.15) is 0 Å². The highest BCUT2D eigenvalue weighted by molar-refractivity contribution is 4.96. The molecule has 4 nitrogen and oxygen atoms in total. The topological polar surface area (TPSA) is 33.1 Å². The molecule has 1 fully saturated rings. The van der Waals surface area contributed by atoms with E-state index in [2.05, 4.69) is 19.8 Å². The second kappa shape index (κ2) is 6.77. The molecule has 1 aliphatic rings. The van der Waals surface area contributed by atoms with Crippen LogP contribution in [0.2, 0.25) is 0 Å². The number of nitrogens with zero attached hydrogens (tertiary/aromatic N) is 3. The third kappa shape index (κ3) is 4.13. The van der Waals surface area contributed by atoms with Crippen LogP contribution < -0.4 is 5.32 Å². The van der Waals surface area contributed by atoms with Crippen LogP contribution in [0.1, 0.15) is 31.4 Å². The molecule has 96 valence electrons. The number of imidazole rings is 1. The summed E-state index contributed by atoms with van der Waals surface area (Å²) in [5.41, 5.74) is 1.25. The maximum atomic E-state index is 4.12. The van der Waals surface area contributed by atoms with E-state index in [1.165, 1.54) is 51.0 Å². The molecule has 0 spiro atoms. The minimum absolute atomic E-state index is 0.921. The zero-order valence-electron chi connectivity index (χ0n) is 10.9. The zero-order chi connectivity index (χ0) is 11.9. The summed E-state index contributed by atoms with van der Waals surface area (Å²) >= 11 is 0. The van der Waals surface area contributed by atoms with E-state index in [9.17, 15) is 0 Å². The quantitative estimate of drug-likeness (QED) is 0.784. The van der Waals surface area contributed by atoms with E-state index < -0.39 is 0 Å². The lowest BCUT2D eigenvalue weighted by Crippen LogP contribution is -2.32. The van der Waals surface area contributed by atoms with Gasteiger partial charge in [0.2, 0.25) is 0 Å². The summed E-state index contributed by atoms with van der Waals surface area (Å²) < 4.78 is 2.07. The molecule has 0 unspecified atom stereocenters. The first-order valence-electron chi connectivity index (χ1n) is 6.74. The standard InChI is InChI=1S/C13H24N4/c1-16-12-15-11-13(16)10-14-6-9-17-7-4-2-3-5-8-17/h11-12,14H,2-10H2,1H3. The summed E-state index contributed by atoms with van der Waals surface area (Å²) in [6, 6.07) is 0. The van der Waals surface area contributed by atoms with E-state index in [4.69, 9.17) is 0 Å². The predicted molar refractivity (Wildman–Crippen MR) is 69.8 cm³/mol. The molecule has 2 heterocycles. The Kier molecular flexibility index (Phi) is 5.01. The van der Waals surface area contributed by atoms with E-state index in [0.29, 0.717) is 0 Å². The summed E-state index contributed by atoms with van der Waals surface area (Å²) in [6.45, 7) is 5.74. The van der Waals surface area contributed by atoms with Gasteiger partial charge in [-0.1, -0.05) is 12.8 Å². The first-order chi connectivity index (χ1) is 8.36. The Labute approximate surface area is 104 Å². The van der Waals surface area contributed by atoms with Crippen molar-refractivity contribution in [3.63, 3.8) is 0 Å². The number of likely N-dealkylation sites (tertiary alicyclic amines) is 1. The zero-order valence-corrected chi connectivity index (χ0v) is 10.9. The van der Waals surface area contributed by atoms with Crippen LogP contribution in [0.4, 0.5) is 0 Å². The van der Waals surface area contributed by atoms with Gasteiger partial charge in [0.15, 0.2) is 0 Å². The van der Waals surface area contributed by atoms with Gasteiger partial charge in [-0.25, -0.2) is 4.98 Å². The van der Waals surface area contributed by atoms with Gasteiger partial charge in [-0.15, -0.1) is 0 Å². The molecule has 2 rings (SSSR count). The fraction of sp³-hybridized carbons (Fsp3) is 0.769. The van der Waals surface area contributed by atoms with Crippen LogP contribution in [0.3, 0.4) is 0 Å². The maximum absolute atomic E-state index is 4.12. The van der Waals surface area contributed by atoms with Gasteiger partial charge in [-0.3, -0.25) is 0 Å². The minimum atomic E-state index is 0.921. The second-order valence-corrected chi connectivity index (χ2v) is 4.93. The number of rotatable bonds is 5. The highest BCUT2D eigenvalue weighted by Gasteiger charge is 2.07. The van der Waals surface area contributed by atoms with Crippen LogP contribution in [0, 0.1) is 0 Å². The van der Waals surface area contributed by atoms with Gasteiger partial charge in [0, 0.05) is 32.9 Å². The molecule has 0 bridgehead atoms. The molecular formula is C13H24N4. The molecule has 0 aromatic carbocycles. The Bertz CT molecular complexity index is 313. The van der Waals surface area contributed by atoms with Gasteiger partial charge in [-0.05, 0) is 25.9 Å². The summed E-state index contributed by atoms with van der Waals surface area (Å²) in [6.07, 6.45) is 9.37. The molecule has 4 heteroatoms. The lowest BCUT2D eigenvalue weighted by atomic mass is 10.2. The Balaban J connectivity index is 1.61. The Morgan fingerprint density at radius 3 is 2.65 bits per heavy atom. The third-order valence-corrected chi connectivity index (χ3v) is 3.53. The van der Waals surface area contributed by atoms with Crippen LogP contribution in [0.15, 0.2) is 12.5 Å². The highest BCUT2D eigenvalue weighted by atomic mass is 15.1. The van der Waals surface area contributed by atoms with Crippen LogP contribution in [-0.2, 0) is 13.6 Å². The number of nitrogens with one attached hydrogen (secondary N) is 1. The lowest BCUT2D eigenvalue weighted by Gasteiger charge is -2.19. The molecule has 0 saturated carbocycles. The Morgan fingerprint density at radius 1 is 1.24 bits per heavy atom. The van der Waals surface area contributed by atoms with E-state index >= 15 is 0 Å². The molecule has 0 amide bonds. The average molecular weight is 236 g/mol. The van der Waals surface area contributed by atoms with E-state index in [1.807, 2.05) is 19.6 Å². The number of hydrogen-bond donors (Lipinski definition) is 1. The van der Waals surface area contributed by atoms with Crippen LogP contribution >= 0.6 is 0 Å². The van der Waals surface area contributed by atoms with Crippen LogP contribution in [-0.4, -0.2) is 40.6 Å². The summed E-state index contributed by atoms with van der Waals surface area (Å²) in [5, 5.41) is 3.49. The van der Waals surface area contributed by atoms with Crippen molar-refractivity contribution in [3.05, 3.63) is 18.2 Å². The fourth-order valence-electron chi connectivity index (χ4n) is 2.37. The second-order valence-electron chi connectivity index (χ2n) is 4.93. The molecule has 0 aliphatic carbocycles. The van der Waals surface area contributed by atoms with Gasteiger partial charge in [0.25, 0.3) is 0 Å². The summed E-state index contributed by atoms with van der Waals surface area (Å²) in [4.78, 5) is 6.70.